The Morgan fingerprint density at radius 2 is 2.00 bits per heavy atom. The quantitative estimate of drug-likeness (QED) is 0.730. The Morgan fingerprint density at radius 3 is 2.81 bits per heavy atom. The molecule has 0 atom stereocenters. The molecule has 3 aromatic rings. The number of hydrogen-bond acceptors (Lipinski definition) is 3. The van der Waals surface area contributed by atoms with E-state index in [0.717, 1.165) is 30.0 Å². The summed E-state index contributed by atoms with van der Waals surface area (Å²) in [4.78, 5) is 4.02. The number of benzene rings is 1. The summed E-state index contributed by atoms with van der Waals surface area (Å²) in [6.45, 7) is 0.905. The van der Waals surface area contributed by atoms with Gasteiger partial charge in [0.25, 0.3) is 0 Å². The Bertz CT molecular complexity index is 724. The molecular formula is C16H17N5. The highest BCUT2D eigenvalue weighted by atomic mass is 15.3. The molecule has 0 unspecified atom stereocenters. The molecule has 21 heavy (non-hydrogen) atoms. The van der Waals surface area contributed by atoms with Gasteiger partial charge in [-0.25, -0.2) is 0 Å². The average Bonchev–Trinajstić information content (AvgIpc) is 3.15. The summed E-state index contributed by atoms with van der Waals surface area (Å²) in [7, 11) is 1.73. The lowest BCUT2D eigenvalue weighted by molar-refractivity contribution is 0.705. The highest BCUT2D eigenvalue weighted by Crippen LogP contribution is 2.20. The van der Waals surface area contributed by atoms with Crippen molar-refractivity contribution in [3.63, 3.8) is 0 Å². The Labute approximate surface area is 123 Å². The topological polar surface area (TPSA) is 58.9 Å². The molecule has 0 saturated carbocycles. The molecule has 1 N–H and O–H groups in total. The zero-order valence-electron chi connectivity index (χ0n) is 11.9. The number of nitrogens with one attached hydrogen (secondary N) is 1. The van der Waals surface area contributed by atoms with Crippen molar-refractivity contribution >= 4 is 6.21 Å². The van der Waals surface area contributed by atoms with E-state index in [-0.39, 0.29) is 0 Å². The summed E-state index contributed by atoms with van der Waals surface area (Å²) >= 11 is 0. The van der Waals surface area contributed by atoms with Gasteiger partial charge in [-0.15, -0.1) is 0 Å². The van der Waals surface area contributed by atoms with E-state index in [9.17, 15) is 0 Å². The summed E-state index contributed by atoms with van der Waals surface area (Å²) in [6, 6.07) is 14.6. The van der Waals surface area contributed by atoms with Crippen molar-refractivity contribution < 1.29 is 0 Å². The summed E-state index contributed by atoms with van der Waals surface area (Å²) < 4.78 is 2.19. The van der Waals surface area contributed by atoms with Crippen LogP contribution in [0.25, 0.3) is 11.4 Å². The second-order valence-corrected chi connectivity index (χ2v) is 4.77. The van der Waals surface area contributed by atoms with Gasteiger partial charge in [-0.3, -0.25) is 4.99 Å². The molecule has 5 nitrogen and oxygen atoms in total. The fourth-order valence-electron chi connectivity index (χ4n) is 2.36. The van der Waals surface area contributed by atoms with Crippen LogP contribution in [-0.4, -0.2) is 33.2 Å². The van der Waals surface area contributed by atoms with Gasteiger partial charge in [-0.2, -0.15) is 15.4 Å². The maximum absolute atomic E-state index is 4.24. The number of rotatable bonds is 5. The Morgan fingerprint density at radius 1 is 1.14 bits per heavy atom. The molecule has 0 aliphatic heterocycles. The maximum Gasteiger partial charge on any atom is 0.138 e. The van der Waals surface area contributed by atoms with Gasteiger partial charge in [0.1, 0.15) is 11.4 Å². The molecule has 0 saturated heterocycles. The zero-order valence-corrected chi connectivity index (χ0v) is 11.9. The van der Waals surface area contributed by atoms with Crippen molar-refractivity contribution in [3.05, 3.63) is 59.9 Å². The van der Waals surface area contributed by atoms with Gasteiger partial charge >= 0.3 is 0 Å². The number of aromatic nitrogens is 4. The molecule has 2 heterocycles. The van der Waals surface area contributed by atoms with E-state index in [1.165, 1.54) is 5.56 Å². The van der Waals surface area contributed by atoms with E-state index in [0.29, 0.717) is 0 Å². The fraction of sp³-hybridized carbons (Fsp3) is 0.188. The molecule has 0 spiro atoms. The SMILES string of the molecule is CN=Cc1n[nH]nc1-c1cccn1CCc1ccccc1. The Kier molecular flexibility index (Phi) is 3.91. The Hall–Kier alpha value is -2.69. The van der Waals surface area contributed by atoms with Crippen molar-refractivity contribution in [2.75, 3.05) is 7.05 Å². The monoisotopic (exact) mass is 279 g/mol. The molecule has 0 bridgehead atoms. The molecule has 0 fully saturated rings. The first-order valence-electron chi connectivity index (χ1n) is 6.91. The van der Waals surface area contributed by atoms with Gasteiger partial charge in [0, 0.05) is 19.8 Å². The van der Waals surface area contributed by atoms with Crippen LogP contribution in [0, 0.1) is 0 Å². The van der Waals surface area contributed by atoms with Crippen molar-refractivity contribution in [3.8, 4) is 11.4 Å². The number of aryl methyl sites for hydroxylation is 2. The Balaban J connectivity index is 1.82. The molecule has 0 radical (unpaired) electrons. The van der Waals surface area contributed by atoms with Crippen molar-refractivity contribution in [1.29, 1.82) is 0 Å². The smallest absolute Gasteiger partial charge is 0.138 e. The predicted molar refractivity (Wildman–Crippen MR) is 83.5 cm³/mol. The van der Waals surface area contributed by atoms with Crippen LogP contribution in [0.15, 0.2) is 53.7 Å². The first-order valence-corrected chi connectivity index (χ1v) is 6.91. The van der Waals surface area contributed by atoms with E-state index in [1.807, 2.05) is 12.1 Å². The minimum absolute atomic E-state index is 0.761. The summed E-state index contributed by atoms with van der Waals surface area (Å²) in [5.41, 5.74) is 3.97. The fourth-order valence-corrected chi connectivity index (χ4v) is 2.36. The lowest BCUT2D eigenvalue weighted by Crippen LogP contribution is -2.03. The van der Waals surface area contributed by atoms with Gasteiger partial charge in [-0.1, -0.05) is 30.3 Å². The van der Waals surface area contributed by atoms with Gasteiger partial charge < -0.3 is 4.57 Å². The first kappa shape index (κ1) is 13.3. The van der Waals surface area contributed by atoms with Crippen LogP contribution in [0.3, 0.4) is 0 Å². The maximum atomic E-state index is 4.24. The number of nitrogens with zero attached hydrogens (tertiary/aromatic N) is 4. The first-order chi connectivity index (χ1) is 10.4. The largest absolute Gasteiger partial charge is 0.346 e. The number of aromatic amines is 1. The minimum atomic E-state index is 0.761. The highest BCUT2D eigenvalue weighted by Gasteiger charge is 2.12. The van der Waals surface area contributed by atoms with Crippen molar-refractivity contribution in [1.82, 2.24) is 20.0 Å². The minimum Gasteiger partial charge on any atom is -0.346 e. The molecule has 1 aromatic carbocycles. The molecule has 0 aliphatic carbocycles. The summed E-state index contributed by atoms with van der Waals surface area (Å²) in [6.07, 6.45) is 4.77. The lowest BCUT2D eigenvalue weighted by atomic mass is 10.1. The molecule has 0 aliphatic rings. The molecule has 2 aromatic heterocycles. The summed E-state index contributed by atoms with van der Waals surface area (Å²) in [5, 5.41) is 11.0. The van der Waals surface area contributed by atoms with E-state index in [1.54, 1.807) is 13.3 Å². The molecule has 106 valence electrons. The van der Waals surface area contributed by atoms with Crippen molar-refractivity contribution in [2.45, 2.75) is 13.0 Å². The van der Waals surface area contributed by atoms with Crippen LogP contribution in [0.5, 0.6) is 0 Å². The molecule has 3 rings (SSSR count). The molecule has 0 amide bonds. The van der Waals surface area contributed by atoms with Crippen LogP contribution in [0.1, 0.15) is 11.3 Å². The van der Waals surface area contributed by atoms with Gasteiger partial charge in [0.05, 0.1) is 11.9 Å². The third-order valence-corrected chi connectivity index (χ3v) is 3.38. The van der Waals surface area contributed by atoms with E-state index in [2.05, 4.69) is 61.5 Å². The van der Waals surface area contributed by atoms with E-state index in [4.69, 9.17) is 0 Å². The normalized spacial score (nSPS) is 11.3. The highest BCUT2D eigenvalue weighted by molar-refractivity contribution is 5.85. The number of aliphatic imine (C=N–C) groups is 1. The van der Waals surface area contributed by atoms with Gasteiger partial charge in [-0.05, 0) is 24.1 Å². The van der Waals surface area contributed by atoms with E-state index < -0.39 is 0 Å². The van der Waals surface area contributed by atoms with Crippen LogP contribution < -0.4 is 0 Å². The standard InChI is InChI=1S/C16H17N5/c1-17-12-14-16(19-20-18-14)15-8-5-10-21(15)11-9-13-6-3-2-4-7-13/h2-8,10,12H,9,11H2,1H3,(H,18,19,20). The molecular weight excluding hydrogens is 262 g/mol. The second-order valence-electron chi connectivity index (χ2n) is 4.77. The molecule has 5 heteroatoms. The van der Waals surface area contributed by atoms with E-state index >= 15 is 0 Å². The second kappa shape index (κ2) is 6.17. The lowest BCUT2D eigenvalue weighted by Gasteiger charge is -2.08. The number of H-pyrrole nitrogens is 1. The average molecular weight is 279 g/mol. The van der Waals surface area contributed by atoms with Crippen molar-refractivity contribution in [2.24, 2.45) is 4.99 Å². The van der Waals surface area contributed by atoms with Gasteiger partial charge in [0.15, 0.2) is 0 Å². The number of hydrogen-bond donors (Lipinski definition) is 1. The third kappa shape index (κ3) is 2.91. The van der Waals surface area contributed by atoms with Crippen LogP contribution in [0.4, 0.5) is 0 Å². The predicted octanol–water partition coefficient (Wildman–Crippen LogP) is 2.56. The zero-order chi connectivity index (χ0) is 14.5. The third-order valence-electron chi connectivity index (χ3n) is 3.38. The summed E-state index contributed by atoms with van der Waals surface area (Å²) in [5.74, 6) is 0. The van der Waals surface area contributed by atoms with Gasteiger partial charge in [0.2, 0.25) is 0 Å². The van der Waals surface area contributed by atoms with Crippen LogP contribution in [-0.2, 0) is 13.0 Å². The van der Waals surface area contributed by atoms with Crippen LogP contribution >= 0.6 is 0 Å². The van der Waals surface area contributed by atoms with Crippen LogP contribution in [0.2, 0.25) is 0 Å².